The predicted molar refractivity (Wildman–Crippen MR) is 78.1 cm³/mol. The highest BCUT2D eigenvalue weighted by Gasteiger charge is 2.17. The molecule has 18 heavy (non-hydrogen) atoms. The fourth-order valence-electron chi connectivity index (χ4n) is 2.15. The van der Waals surface area contributed by atoms with Crippen LogP contribution in [0.4, 0.5) is 0 Å². The molecule has 0 aliphatic heterocycles. The molecule has 2 atom stereocenters. The molecule has 0 spiro atoms. The largest absolute Gasteiger partial charge is 0.311 e. The zero-order chi connectivity index (χ0) is 13.0. The summed E-state index contributed by atoms with van der Waals surface area (Å²) in [5, 5.41) is 6.69. The van der Waals surface area contributed by atoms with Crippen molar-refractivity contribution in [2.75, 3.05) is 7.05 Å². The number of aryl methyl sites for hydroxylation is 1. The Morgan fingerprint density at radius 3 is 2.56 bits per heavy atom. The summed E-state index contributed by atoms with van der Waals surface area (Å²) in [6.07, 6.45) is 1.08. The van der Waals surface area contributed by atoms with Gasteiger partial charge in [0.1, 0.15) is 5.01 Å². The van der Waals surface area contributed by atoms with Crippen LogP contribution < -0.4 is 5.32 Å². The van der Waals surface area contributed by atoms with Gasteiger partial charge in [0.15, 0.2) is 0 Å². The number of hydrogen-bond acceptors (Lipinski definition) is 3. The molecule has 2 unspecified atom stereocenters. The Morgan fingerprint density at radius 2 is 2.00 bits per heavy atom. The van der Waals surface area contributed by atoms with E-state index >= 15 is 0 Å². The third-order valence-corrected chi connectivity index (χ3v) is 4.32. The fourth-order valence-corrected chi connectivity index (χ4v) is 3.06. The highest BCUT2D eigenvalue weighted by Crippen LogP contribution is 2.29. The summed E-state index contributed by atoms with van der Waals surface area (Å²) < 4.78 is 0. The van der Waals surface area contributed by atoms with Crippen molar-refractivity contribution in [1.82, 2.24) is 10.3 Å². The lowest BCUT2D eigenvalue weighted by atomic mass is 9.94. The molecular formula is C15H20N2S. The summed E-state index contributed by atoms with van der Waals surface area (Å²) in [6.45, 7) is 4.33. The minimum atomic E-state index is 0.346. The molecule has 2 nitrogen and oxygen atoms in total. The third-order valence-electron chi connectivity index (χ3n) is 3.24. The maximum Gasteiger partial charge on any atom is 0.110 e. The minimum absolute atomic E-state index is 0.346. The second kappa shape index (κ2) is 6.12. The smallest absolute Gasteiger partial charge is 0.110 e. The summed E-state index contributed by atoms with van der Waals surface area (Å²) in [5.41, 5.74) is 2.51. The molecule has 1 N–H and O–H groups in total. The average molecular weight is 260 g/mol. The van der Waals surface area contributed by atoms with Gasteiger partial charge in [0.2, 0.25) is 0 Å². The molecule has 1 aromatic heterocycles. The molecule has 3 heteroatoms. The lowest BCUT2D eigenvalue weighted by molar-refractivity contribution is 0.499. The van der Waals surface area contributed by atoms with E-state index < -0.39 is 0 Å². The van der Waals surface area contributed by atoms with Gasteiger partial charge in [-0.15, -0.1) is 11.3 Å². The molecule has 0 saturated heterocycles. The van der Waals surface area contributed by atoms with Gasteiger partial charge >= 0.3 is 0 Å². The first kappa shape index (κ1) is 13.2. The lowest BCUT2D eigenvalue weighted by Crippen LogP contribution is -2.18. The Hall–Kier alpha value is -1.19. The number of aromatic nitrogens is 1. The molecule has 0 radical (unpaired) electrons. The number of rotatable bonds is 5. The topological polar surface area (TPSA) is 24.9 Å². The first-order valence-electron chi connectivity index (χ1n) is 6.35. The Morgan fingerprint density at radius 1 is 1.28 bits per heavy atom. The van der Waals surface area contributed by atoms with E-state index in [0.717, 1.165) is 12.1 Å². The van der Waals surface area contributed by atoms with Gasteiger partial charge < -0.3 is 5.32 Å². The van der Waals surface area contributed by atoms with Crippen LogP contribution in [0.2, 0.25) is 0 Å². The van der Waals surface area contributed by atoms with Crippen molar-refractivity contribution in [2.45, 2.75) is 32.2 Å². The highest BCUT2D eigenvalue weighted by atomic mass is 32.1. The van der Waals surface area contributed by atoms with Crippen molar-refractivity contribution >= 4 is 11.3 Å². The third kappa shape index (κ3) is 3.18. The van der Waals surface area contributed by atoms with Crippen molar-refractivity contribution in [3.8, 4) is 0 Å². The number of nitrogens with zero attached hydrogens (tertiary/aromatic N) is 1. The number of nitrogens with one attached hydrogen (secondary N) is 1. The highest BCUT2D eigenvalue weighted by molar-refractivity contribution is 7.09. The molecule has 2 aromatic rings. The molecule has 96 valence electrons. The molecular weight excluding hydrogens is 240 g/mol. The van der Waals surface area contributed by atoms with Crippen LogP contribution in [-0.2, 0) is 0 Å². The lowest BCUT2D eigenvalue weighted by Gasteiger charge is -2.19. The second-order valence-electron chi connectivity index (χ2n) is 4.72. The zero-order valence-corrected chi connectivity index (χ0v) is 12.0. The summed E-state index contributed by atoms with van der Waals surface area (Å²) in [4.78, 5) is 4.58. The van der Waals surface area contributed by atoms with Gasteiger partial charge in [-0.05, 0) is 31.9 Å². The van der Waals surface area contributed by atoms with Crippen molar-refractivity contribution in [3.63, 3.8) is 0 Å². The minimum Gasteiger partial charge on any atom is -0.311 e. The van der Waals surface area contributed by atoms with E-state index in [1.807, 2.05) is 14.0 Å². The first-order valence-corrected chi connectivity index (χ1v) is 7.23. The van der Waals surface area contributed by atoms with Crippen molar-refractivity contribution in [1.29, 1.82) is 0 Å². The standard InChI is InChI=1S/C15H20N2S/c1-11(13-7-5-4-6-8-13)9-14(16-3)15-17-12(2)10-18-15/h4-8,10-11,14,16H,9H2,1-3H3. The summed E-state index contributed by atoms with van der Waals surface area (Å²) in [5.74, 6) is 0.535. The summed E-state index contributed by atoms with van der Waals surface area (Å²) in [6, 6.07) is 11.0. The predicted octanol–water partition coefficient (Wildman–Crippen LogP) is 3.91. The Labute approximate surface area is 113 Å². The van der Waals surface area contributed by atoms with Crippen LogP contribution in [0, 0.1) is 6.92 Å². The average Bonchev–Trinajstić information content (AvgIpc) is 2.83. The van der Waals surface area contributed by atoms with E-state index in [2.05, 4.69) is 52.9 Å². The van der Waals surface area contributed by atoms with Gasteiger partial charge in [0, 0.05) is 11.1 Å². The SMILES string of the molecule is CNC(CC(C)c1ccccc1)c1nc(C)cs1. The number of thiazole rings is 1. The van der Waals surface area contributed by atoms with Crippen LogP contribution in [0.5, 0.6) is 0 Å². The van der Waals surface area contributed by atoms with Crippen molar-refractivity contribution < 1.29 is 0 Å². The number of hydrogen-bond donors (Lipinski definition) is 1. The van der Waals surface area contributed by atoms with E-state index in [1.54, 1.807) is 11.3 Å². The van der Waals surface area contributed by atoms with Crippen molar-refractivity contribution in [2.24, 2.45) is 0 Å². The maximum absolute atomic E-state index is 4.58. The molecule has 0 aliphatic carbocycles. The molecule has 0 bridgehead atoms. The maximum atomic E-state index is 4.58. The molecule has 1 heterocycles. The van der Waals surface area contributed by atoms with E-state index in [4.69, 9.17) is 0 Å². The molecule has 0 fully saturated rings. The Bertz CT molecular complexity index is 478. The molecule has 2 rings (SSSR count). The van der Waals surface area contributed by atoms with Gasteiger partial charge in [0.25, 0.3) is 0 Å². The zero-order valence-electron chi connectivity index (χ0n) is 11.2. The molecule has 0 aliphatic rings. The van der Waals surface area contributed by atoms with Crippen LogP contribution >= 0.6 is 11.3 Å². The van der Waals surface area contributed by atoms with E-state index in [1.165, 1.54) is 10.6 Å². The monoisotopic (exact) mass is 260 g/mol. The fraction of sp³-hybridized carbons (Fsp3) is 0.400. The van der Waals surface area contributed by atoms with E-state index in [9.17, 15) is 0 Å². The summed E-state index contributed by atoms with van der Waals surface area (Å²) in [7, 11) is 2.01. The Balaban J connectivity index is 2.07. The quantitative estimate of drug-likeness (QED) is 0.881. The normalized spacial score (nSPS) is 14.4. The number of benzene rings is 1. The van der Waals surface area contributed by atoms with Gasteiger partial charge in [-0.3, -0.25) is 0 Å². The van der Waals surface area contributed by atoms with Crippen LogP contribution in [0.3, 0.4) is 0 Å². The van der Waals surface area contributed by atoms with E-state index in [0.29, 0.717) is 12.0 Å². The van der Waals surface area contributed by atoms with Gasteiger partial charge in [-0.1, -0.05) is 37.3 Å². The molecule has 0 amide bonds. The van der Waals surface area contributed by atoms with Gasteiger partial charge in [0.05, 0.1) is 6.04 Å². The van der Waals surface area contributed by atoms with Crippen molar-refractivity contribution in [3.05, 3.63) is 52.0 Å². The molecule has 1 aromatic carbocycles. The molecule has 0 saturated carbocycles. The first-order chi connectivity index (χ1) is 8.70. The van der Waals surface area contributed by atoms with Crippen LogP contribution in [-0.4, -0.2) is 12.0 Å². The van der Waals surface area contributed by atoms with Crippen LogP contribution in [0.15, 0.2) is 35.7 Å². The van der Waals surface area contributed by atoms with Crippen LogP contribution in [0.1, 0.15) is 41.6 Å². The van der Waals surface area contributed by atoms with Gasteiger partial charge in [-0.25, -0.2) is 4.98 Å². The Kier molecular flexibility index (Phi) is 4.50. The van der Waals surface area contributed by atoms with Gasteiger partial charge in [-0.2, -0.15) is 0 Å². The summed E-state index contributed by atoms with van der Waals surface area (Å²) >= 11 is 1.75. The van der Waals surface area contributed by atoms with Crippen LogP contribution in [0.25, 0.3) is 0 Å². The van der Waals surface area contributed by atoms with E-state index in [-0.39, 0.29) is 0 Å². The second-order valence-corrected chi connectivity index (χ2v) is 5.61.